The number of anilines is 1. The van der Waals surface area contributed by atoms with Crippen LogP contribution in [0.15, 0.2) is 48.7 Å². The Labute approximate surface area is 126 Å². The Kier molecular flexibility index (Phi) is 6.55. The molecule has 4 nitrogen and oxygen atoms in total. The molecule has 0 saturated heterocycles. The van der Waals surface area contributed by atoms with Gasteiger partial charge < -0.3 is 14.8 Å². The summed E-state index contributed by atoms with van der Waals surface area (Å²) in [6, 6.07) is 13.7. The molecule has 0 saturated carbocycles. The second-order valence-corrected chi connectivity index (χ2v) is 4.69. The van der Waals surface area contributed by atoms with Crippen LogP contribution in [0.25, 0.3) is 0 Å². The summed E-state index contributed by atoms with van der Waals surface area (Å²) in [4.78, 5) is 4.27. The van der Waals surface area contributed by atoms with Crippen molar-refractivity contribution >= 4 is 5.82 Å². The fourth-order valence-electron chi connectivity index (χ4n) is 1.84. The van der Waals surface area contributed by atoms with Crippen LogP contribution >= 0.6 is 0 Å². The normalized spacial score (nSPS) is 10.3. The van der Waals surface area contributed by atoms with Crippen molar-refractivity contribution in [2.45, 2.75) is 20.0 Å². The molecule has 2 rings (SSSR count). The lowest BCUT2D eigenvalue weighted by atomic mass is 10.3. The standard InChI is InChI=1S/C17H22N2O2/c1-2-9-18-17-13-15(8-10-19-17)14-20-11-12-21-16-6-4-3-5-7-16/h3-8,10,13H,2,9,11-12,14H2,1H3,(H,18,19). The van der Waals surface area contributed by atoms with Gasteiger partial charge in [0.1, 0.15) is 18.2 Å². The molecule has 1 aromatic carbocycles. The predicted molar refractivity (Wildman–Crippen MR) is 84.6 cm³/mol. The zero-order valence-corrected chi connectivity index (χ0v) is 12.4. The van der Waals surface area contributed by atoms with E-state index in [1.54, 1.807) is 6.20 Å². The molecule has 0 atom stereocenters. The van der Waals surface area contributed by atoms with Crippen molar-refractivity contribution in [2.24, 2.45) is 0 Å². The Morgan fingerprint density at radius 3 is 2.76 bits per heavy atom. The van der Waals surface area contributed by atoms with Gasteiger partial charge in [-0.3, -0.25) is 0 Å². The zero-order valence-electron chi connectivity index (χ0n) is 12.4. The zero-order chi connectivity index (χ0) is 14.8. The molecule has 1 aromatic heterocycles. The van der Waals surface area contributed by atoms with E-state index >= 15 is 0 Å². The fourth-order valence-corrected chi connectivity index (χ4v) is 1.84. The van der Waals surface area contributed by atoms with Gasteiger partial charge in [-0.15, -0.1) is 0 Å². The number of aromatic nitrogens is 1. The quantitative estimate of drug-likeness (QED) is 0.717. The van der Waals surface area contributed by atoms with Gasteiger partial charge in [-0.1, -0.05) is 25.1 Å². The van der Waals surface area contributed by atoms with E-state index in [1.807, 2.05) is 42.5 Å². The van der Waals surface area contributed by atoms with Gasteiger partial charge in [-0.2, -0.15) is 0 Å². The lowest BCUT2D eigenvalue weighted by Crippen LogP contribution is -2.07. The lowest BCUT2D eigenvalue weighted by Gasteiger charge is -2.08. The first-order valence-corrected chi connectivity index (χ1v) is 7.33. The Hall–Kier alpha value is -2.07. The van der Waals surface area contributed by atoms with Crippen LogP contribution in [-0.4, -0.2) is 24.7 Å². The van der Waals surface area contributed by atoms with Crippen molar-refractivity contribution in [3.8, 4) is 5.75 Å². The summed E-state index contributed by atoms with van der Waals surface area (Å²) in [6.07, 6.45) is 2.89. The van der Waals surface area contributed by atoms with Gasteiger partial charge in [0, 0.05) is 12.7 Å². The number of hydrogen-bond donors (Lipinski definition) is 1. The van der Waals surface area contributed by atoms with E-state index in [0.29, 0.717) is 19.8 Å². The Morgan fingerprint density at radius 2 is 1.95 bits per heavy atom. The van der Waals surface area contributed by atoms with Crippen molar-refractivity contribution in [2.75, 3.05) is 25.1 Å². The second kappa shape index (κ2) is 8.97. The van der Waals surface area contributed by atoms with Gasteiger partial charge >= 0.3 is 0 Å². The molecule has 2 aromatic rings. The lowest BCUT2D eigenvalue weighted by molar-refractivity contribution is 0.0889. The minimum atomic E-state index is 0.552. The monoisotopic (exact) mass is 286 g/mol. The molecule has 0 radical (unpaired) electrons. The Bertz CT molecular complexity index is 517. The molecule has 4 heteroatoms. The molecule has 1 heterocycles. The Balaban J connectivity index is 1.66. The van der Waals surface area contributed by atoms with Crippen LogP contribution in [0.4, 0.5) is 5.82 Å². The topological polar surface area (TPSA) is 43.4 Å². The number of hydrogen-bond acceptors (Lipinski definition) is 4. The molecule has 0 aliphatic heterocycles. The van der Waals surface area contributed by atoms with Crippen LogP contribution in [0, 0.1) is 0 Å². The third-order valence-electron chi connectivity index (χ3n) is 2.89. The van der Waals surface area contributed by atoms with Gasteiger partial charge in [0.2, 0.25) is 0 Å². The van der Waals surface area contributed by atoms with E-state index in [-0.39, 0.29) is 0 Å². The number of benzene rings is 1. The average Bonchev–Trinajstić information content (AvgIpc) is 2.54. The third-order valence-corrected chi connectivity index (χ3v) is 2.89. The predicted octanol–water partition coefficient (Wildman–Crippen LogP) is 3.50. The summed E-state index contributed by atoms with van der Waals surface area (Å²) in [5.74, 6) is 1.77. The molecule has 21 heavy (non-hydrogen) atoms. The number of pyridine rings is 1. The number of ether oxygens (including phenoxy) is 2. The van der Waals surface area contributed by atoms with Crippen LogP contribution in [0.1, 0.15) is 18.9 Å². The number of nitrogens with zero attached hydrogens (tertiary/aromatic N) is 1. The van der Waals surface area contributed by atoms with Gasteiger partial charge in [0.15, 0.2) is 0 Å². The van der Waals surface area contributed by atoms with Crippen LogP contribution in [0.2, 0.25) is 0 Å². The van der Waals surface area contributed by atoms with Crippen LogP contribution in [0.5, 0.6) is 5.75 Å². The van der Waals surface area contributed by atoms with Crippen LogP contribution in [-0.2, 0) is 11.3 Å². The molecular formula is C17H22N2O2. The Morgan fingerprint density at radius 1 is 1.10 bits per heavy atom. The van der Waals surface area contributed by atoms with Gasteiger partial charge in [0.25, 0.3) is 0 Å². The molecule has 0 fully saturated rings. The molecule has 0 amide bonds. The second-order valence-electron chi connectivity index (χ2n) is 4.69. The van der Waals surface area contributed by atoms with Gasteiger partial charge in [0.05, 0.1) is 13.2 Å². The summed E-state index contributed by atoms with van der Waals surface area (Å²) in [5, 5.41) is 3.27. The van der Waals surface area contributed by atoms with Gasteiger partial charge in [-0.05, 0) is 36.2 Å². The minimum Gasteiger partial charge on any atom is -0.491 e. The van der Waals surface area contributed by atoms with Crippen molar-refractivity contribution in [3.63, 3.8) is 0 Å². The molecule has 0 aliphatic carbocycles. The van der Waals surface area contributed by atoms with Crippen molar-refractivity contribution in [1.82, 2.24) is 4.98 Å². The van der Waals surface area contributed by atoms with Crippen LogP contribution < -0.4 is 10.1 Å². The highest BCUT2D eigenvalue weighted by molar-refractivity contribution is 5.37. The third kappa shape index (κ3) is 5.83. The first-order chi connectivity index (χ1) is 10.4. The largest absolute Gasteiger partial charge is 0.491 e. The smallest absolute Gasteiger partial charge is 0.126 e. The van der Waals surface area contributed by atoms with Crippen molar-refractivity contribution in [1.29, 1.82) is 0 Å². The van der Waals surface area contributed by atoms with E-state index in [9.17, 15) is 0 Å². The molecule has 0 bridgehead atoms. The van der Waals surface area contributed by atoms with Crippen molar-refractivity contribution < 1.29 is 9.47 Å². The van der Waals surface area contributed by atoms with Gasteiger partial charge in [-0.25, -0.2) is 4.98 Å². The molecule has 0 spiro atoms. The van der Waals surface area contributed by atoms with Crippen molar-refractivity contribution in [3.05, 3.63) is 54.2 Å². The highest BCUT2D eigenvalue weighted by atomic mass is 16.5. The summed E-state index contributed by atoms with van der Waals surface area (Å²) >= 11 is 0. The maximum Gasteiger partial charge on any atom is 0.126 e. The summed E-state index contributed by atoms with van der Waals surface area (Å²) in [5.41, 5.74) is 1.11. The number of nitrogens with one attached hydrogen (secondary N) is 1. The first kappa shape index (κ1) is 15.3. The van der Waals surface area contributed by atoms with E-state index < -0.39 is 0 Å². The first-order valence-electron chi connectivity index (χ1n) is 7.33. The molecule has 0 unspecified atom stereocenters. The highest BCUT2D eigenvalue weighted by Crippen LogP contribution is 2.09. The number of para-hydroxylation sites is 1. The van der Waals surface area contributed by atoms with E-state index in [1.165, 1.54) is 0 Å². The SMILES string of the molecule is CCCNc1cc(COCCOc2ccccc2)ccn1. The van der Waals surface area contributed by atoms with Crippen LogP contribution in [0.3, 0.4) is 0 Å². The van der Waals surface area contributed by atoms with E-state index in [4.69, 9.17) is 9.47 Å². The molecular weight excluding hydrogens is 264 g/mol. The minimum absolute atomic E-state index is 0.552. The highest BCUT2D eigenvalue weighted by Gasteiger charge is 1.98. The van der Waals surface area contributed by atoms with E-state index in [2.05, 4.69) is 17.2 Å². The summed E-state index contributed by atoms with van der Waals surface area (Å²) in [7, 11) is 0. The van der Waals surface area contributed by atoms with E-state index in [0.717, 1.165) is 30.1 Å². The maximum atomic E-state index is 5.62. The summed E-state index contributed by atoms with van der Waals surface area (Å²) < 4.78 is 11.2. The molecule has 112 valence electrons. The molecule has 0 aliphatic rings. The number of rotatable bonds is 9. The molecule has 1 N–H and O–H groups in total. The fraction of sp³-hybridized carbons (Fsp3) is 0.353. The maximum absolute atomic E-state index is 5.62. The average molecular weight is 286 g/mol. The summed E-state index contributed by atoms with van der Waals surface area (Å²) in [6.45, 7) is 4.75.